The molecule has 1 saturated carbocycles. The van der Waals surface area contributed by atoms with Crippen LogP contribution in [0.15, 0.2) is 35.5 Å². The lowest BCUT2D eigenvalue weighted by atomic mass is 10.1. The second kappa shape index (κ2) is 11.4. The fraction of sp³-hybridized carbons (Fsp3) is 0.519. The number of nitrogens with one attached hydrogen (secondary N) is 1. The van der Waals surface area contributed by atoms with Crippen LogP contribution >= 0.6 is 0 Å². The summed E-state index contributed by atoms with van der Waals surface area (Å²) >= 11 is 0. The number of hydrogen-bond acceptors (Lipinski definition) is 9. The molecule has 1 aliphatic heterocycles. The summed E-state index contributed by atoms with van der Waals surface area (Å²) in [6, 6.07) is 5.58. The first-order valence-electron chi connectivity index (χ1n) is 12.9. The van der Waals surface area contributed by atoms with E-state index in [1.807, 2.05) is 0 Å². The van der Waals surface area contributed by atoms with E-state index in [1.165, 1.54) is 12.3 Å². The lowest BCUT2D eigenvalue weighted by Crippen LogP contribution is -2.46. The molecule has 1 aliphatic carbocycles. The van der Waals surface area contributed by atoms with E-state index in [9.17, 15) is 18.0 Å². The fourth-order valence-corrected chi connectivity index (χ4v) is 5.73. The van der Waals surface area contributed by atoms with Crippen molar-refractivity contribution in [3.05, 3.63) is 41.6 Å². The number of nitrogens with zero attached hydrogens (tertiary/aromatic N) is 2. The van der Waals surface area contributed by atoms with Crippen LogP contribution < -0.4 is 14.4 Å². The lowest BCUT2D eigenvalue weighted by Gasteiger charge is -2.29. The lowest BCUT2D eigenvalue weighted by molar-refractivity contribution is -0.144. The second-order valence-electron chi connectivity index (χ2n) is 10.4. The van der Waals surface area contributed by atoms with Crippen molar-refractivity contribution in [2.75, 3.05) is 36.6 Å². The van der Waals surface area contributed by atoms with Gasteiger partial charge in [-0.1, -0.05) is 6.07 Å². The van der Waals surface area contributed by atoms with Crippen LogP contribution in [0.1, 0.15) is 57.6 Å². The molecule has 2 heterocycles. The van der Waals surface area contributed by atoms with Gasteiger partial charge < -0.3 is 18.9 Å². The van der Waals surface area contributed by atoms with Gasteiger partial charge in [-0.15, -0.1) is 0 Å². The van der Waals surface area contributed by atoms with Crippen LogP contribution in [0.3, 0.4) is 0 Å². The largest absolute Gasteiger partial charge is 0.491 e. The highest BCUT2D eigenvalue weighted by Crippen LogP contribution is 2.45. The summed E-state index contributed by atoms with van der Waals surface area (Å²) < 4.78 is 51.7. The first kappa shape index (κ1) is 28.6. The molecular weight excluding hydrogens is 526 g/mol. The number of sulfonamides is 1. The van der Waals surface area contributed by atoms with Crippen molar-refractivity contribution in [2.45, 2.75) is 69.5 Å². The number of esters is 1. The van der Waals surface area contributed by atoms with Gasteiger partial charge in [0.1, 0.15) is 24.0 Å². The number of amides is 1. The summed E-state index contributed by atoms with van der Waals surface area (Å²) in [6.07, 6.45) is 2.49. The van der Waals surface area contributed by atoms with Crippen LogP contribution in [0.5, 0.6) is 5.75 Å². The van der Waals surface area contributed by atoms with Gasteiger partial charge in [0, 0.05) is 25.8 Å². The Bertz CT molecular complexity index is 1340. The van der Waals surface area contributed by atoms with Crippen molar-refractivity contribution < 1.29 is 37.0 Å². The third-order valence-corrected chi connectivity index (χ3v) is 7.49. The molecule has 2 aromatic rings. The van der Waals surface area contributed by atoms with Crippen LogP contribution in [0.25, 0.3) is 0 Å². The van der Waals surface area contributed by atoms with E-state index in [-0.39, 0.29) is 42.0 Å². The summed E-state index contributed by atoms with van der Waals surface area (Å²) in [5.41, 5.74) is 0.561. The molecular formula is C27H35N3O8S. The molecule has 1 fully saturated rings. The molecule has 1 unspecified atom stereocenters. The van der Waals surface area contributed by atoms with Gasteiger partial charge in [0.05, 0.1) is 24.6 Å². The highest BCUT2D eigenvalue weighted by molar-refractivity contribution is 7.92. The number of fused-ring (bicyclic) bond motifs is 1. The number of hydrogen-bond donors (Lipinski definition) is 1. The van der Waals surface area contributed by atoms with Gasteiger partial charge in [0.2, 0.25) is 0 Å². The van der Waals surface area contributed by atoms with Gasteiger partial charge in [-0.3, -0.25) is 9.62 Å². The molecule has 12 heteroatoms. The summed E-state index contributed by atoms with van der Waals surface area (Å²) in [7, 11) is -2.64. The van der Waals surface area contributed by atoms with Crippen molar-refractivity contribution in [3.8, 4) is 5.75 Å². The predicted molar refractivity (Wildman–Crippen MR) is 144 cm³/mol. The molecule has 0 spiro atoms. The molecule has 1 aromatic heterocycles. The van der Waals surface area contributed by atoms with Gasteiger partial charge in [0.25, 0.3) is 10.0 Å². The summed E-state index contributed by atoms with van der Waals surface area (Å²) in [5, 5.41) is -0.0734. The van der Waals surface area contributed by atoms with Crippen molar-refractivity contribution in [1.29, 1.82) is 0 Å². The Morgan fingerprint density at radius 3 is 2.56 bits per heavy atom. The quantitative estimate of drug-likeness (QED) is 0.337. The highest BCUT2D eigenvalue weighted by Gasteiger charge is 2.44. The Balaban J connectivity index is 1.81. The fourth-order valence-electron chi connectivity index (χ4n) is 4.45. The molecule has 39 heavy (non-hydrogen) atoms. The van der Waals surface area contributed by atoms with Crippen LogP contribution in [0.4, 0.5) is 16.2 Å². The van der Waals surface area contributed by atoms with E-state index >= 15 is 0 Å². The van der Waals surface area contributed by atoms with Gasteiger partial charge in [0.15, 0.2) is 5.03 Å². The molecule has 2 aliphatic rings. The van der Waals surface area contributed by atoms with E-state index in [2.05, 4.69) is 9.71 Å². The number of carbonyl (C=O) groups excluding carboxylic acids is 2. The molecule has 0 bridgehead atoms. The maximum Gasteiger partial charge on any atom is 0.415 e. The zero-order chi connectivity index (χ0) is 28.4. The number of ether oxygens (including phenoxy) is 4. The number of anilines is 2. The van der Waals surface area contributed by atoms with Gasteiger partial charge in [-0.05, 0) is 69.7 Å². The maximum absolute atomic E-state index is 13.7. The van der Waals surface area contributed by atoms with Crippen molar-refractivity contribution in [2.24, 2.45) is 0 Å². The van der Waals surface area contributed by atoms with Crippen molar-refractivity contribution in [3.63, 3.8) is 0 Å². The molecule has 1 N–H and O–H groups in total. The van der Waals surface area contributed by atoms with Crippen molar-refractivity contribution in [1.82, 2.24) is 4.98 Å². The average molecular weight is 562 g/mol. The smallest absolute Gasteiger partial charge is 0.415 e. The zero-order valence-electron chi connectivity index (χ0n) is 22.9. The minimum Gasteiger partial charge on any atom is -0.491 e. The molecule has 0 saturated heterocycles. The number of carbonyl (C=O) groups is 2. The van der Waals surface area contributed by atoms with Crippen LogP contribution in [0.2, 0.25) is 0 Å². The Kier molecular flexibility index (Phi) is 8.36. The summed E-state index contributed by atoms with van der Waals surface area (Å²) in [6.45, 7) is 7.43. The maximum atomic E-state index is 13.7. The SMILES string of the molecule is CCOC(=O)C1Cc2cc(OCCOC)cc(NS(=O)(=O)c3ncccc3C3CC3)c2N1C(=O)OC(C)(C)C. The van der Waals surface area contributed by atoms with E-state index in [1.54, 1.807) is 53.0 Å². The van der Waals surface area contributed by atoms with Crippen LogP contribution in [-0.4, -0.2) is 64.0 Å². The molecule has 4 rings (SSSR count). The first-order chi connectivity index (χ1) is 18.4. The minimum atomic E-state index is -4.18. The molecule has 1 amide bonds. The van der Waals surface area contributed by atoms with Crippen LogP contribution in [-0.2, 0) is 35.4 Å². The third kappa shape index (κ3) is 6.62. The van der Waals surface area contributed by atoms with Crippen LogP contribution in [0, 0.1) is 0 Å². The topological polar surface area (TPSA) is 133 Å². The number of pyridine rings is 1. The first-order valence-corrected chi connectivity index (χ1v) is 14.4. The van der Waals surface area contributed by atoms with Gasteiger partial charge >= 0.3 is 12.1 Å². The second-order valence-corrected chi connectivity index (χ2v) is 12.0. The summed E-state index contributed by atoms with van der Waals surface area (Å²) in [5.74, 6) is -0.150. The molecule has 0 radical (unpaired) electrons. The standard InChI is InChI=1S/C27H35N3O8S/c1-6-36-25(31)22-15-18-14-19(37-13-12-35-5)16-21(23(18)30(22)26(32)38-27(2,3)4)29-39(33,34)24-20(17-9-10-17)8-7-11-28-24/h7-8,11,14,16-17,22,29H,6,9-10,12-13,15H2,1-5H3. The molecule has 212 valence electrons. The Morgan fingerprint density at radius 2 is 1.92 bits per heavy atom. The van der Waals surface area contributed by atoms with Crippen molar-refractivity contribution >= 4 is 33.5 Å². The summed E-state index contributed by atoms with van der Waals surface area (Å²) in [4.78, 5) is 31.7. The monoisotopic (exact) mass is 561 g/mol. The normalized spacial score (nSPS) is 16.9. The van der Waals surface area contributed by atoms with E-state index in [4.69, 9.17) is 18.9 Å². The van der Waals surface area contributed by atoms with E-state index < -0.39 is 33.7 Å². The molecule has 11 nitrogen and oxygen atoms in total. The van der Waals surface area contributed by atoms with E-state index in [0.29, 0.717) is 23.5 Å². The Hall–Kier alpha value is -3.38. The highest BCUT2D eigenvalue weighted by atomic mass is 32.2. The van der Waals surface area contributed by atoms with E-state index in [0.717, 1.165) is 17.7 Å². The predicted octanol–water partition coefficient (Wildman–Crippen LogP) is 4.01. The van der Waals surface area contributed by atoms with Gasteiger partial charge in [-0.2, -0.15) is 8.42 Å². The Labute approximate surface area is 228 Å². The number of benzene rings is 1. The number of aromatic nitrogens is 1. The zero-order valence-corrected chi connectivity index (χ0v) is 23.7. The average Bonchev–Trinajstić information content (AvgIpc) is 3.62. The third-order valence-electron chi connectivity index (χ3n) is 6.15. The number of methoxy groups -OCH3 is 1. The number of rotatable bonds is 10. The van der Waals surface area contributed by atoms with Gasteiger partial charge in [-0.25, -0.2) is 14.6 Å². The minimum absolute atomic E-state index is 0.0602. The Morgan fingerprint density at radius 1 is 1.18 bits per heavy atom. The molecule has 1 aromatic carbocycles. The molecule has 1 atom stereocenters.